The first kappa shape index (κ1) is 22.2. The number of nitrogens with zero attached hydrogens (tertiary/aromatic N) is 2. The van der Waals surface area contributed by atoms with Crippen LogP contribution in [-0.2, 0) is 11.3 Å². The number of hydrazone groups is 1. The number of hydrogen-bond acceptors (Lipinski definition) is 4. The van der Waals surface area contributed by atoms with Crippen LogP contribution in [0, 0.1) is 5.92 Å². The van der Waals surface area contributed by atoms with Crippen molar-refractivity contribution in [3.05, 3.63) is 89.0 Å². The lowest BCUT2D eigenvalue weighted by molar-refractivity contribution is -0.117. The molecule has 2 aliphatic rings. The molecule has 1 aliphatic carbocycles. The van der Waals surface area contributed by atoms with E-state index in [1.165, 1.54) is 11.1 Å². The molecule has 3 aromatic carbocycles. The number of rotatable bonds is 6. The summed E-state index contributed by atoms with van der Waals surface area (Å²) in [6.07, 6.45) is 2.52. The molecule has 0 saturated heterocycles. The van der Waals surface area contributed by atoms with Gasteiger partial charge in [-0.15, -0.1) is 0 Å². The van der Waals surface area contributed by atoms with Gasteiger partial charge in [-0.05, 0) is 61.3 Å². The molecule has 0 bridgehead atoms. The zero-order valence-electron chi connectivity index (χ0n) is 20.2. The number of anilines is 1. The minimum Gasteiger partial charge on any atom is -0.354 e. The molecular formula is C29H27N5O2. The lowest BCUT2D eigenvalue weighted by atomic mass is 10.0. The summed E-state index contributed by atoms with van der Waals surface area (Å²) in [4.78, 5) is 31.5. The highest BCUT2D eigenvalue weighted by atomic mass is 16.2. The van der Waals surface area contributed by atoms with Crippen molar-refractivity contribution >= 4 is 34.6 Å². The lowest BCUT2D eigenvalue weighted by Gasteiger charge is -2.10. The van der Waals surface area contributed by atoms with Gasteiger partial charge in [0.2, 0.25) is 5.91 Å². The van der Waals surface area contributed by atoms with Crippen LogP contribution in [0.2, 0.25) is 0 Å². The minimum absolute atomic E-state index is 0.0240. The van der Waals surface area contributed by atoms with Crippen LogP contribution in [-0.4, -0.2) is 42.0 Å². The van der Waals surface area contributed by atoms with Gasteiger partial charge in [-0.1, -0.05) is 48.5 Å². The second-order valence-corrected chi connectivity index (χ2v) is 9.85. The average Bonchev–Trinajstić information content (AvgIpc) is 3.62. The smallest absolute Gasteiger partial charge is 0.272 e. The Kier molecular flexibility index (Phi) is 5.42. The van der Waals surface area contributed by atoms with Crippen molar-refractivity contribution < 1.29 is 9.59 Å². The highest BCUT2D eigenvalue weighted by molar-refractivity contribution is 6.18. The third-order valence-electron chi connectivity index (χ3n) is 6.88. The minimum atomic E-state index is -0.299. The first-order chi connectivity index (χ1) is 17.5. The average molecular weight is 478 g/mol. The fraction of sp³-hybridized carbons (Fsp3) is 0.207. The van der Waals surface area contributed by atoms with Crippen molar-refractivity contribution in [2.24, 2.45) is 11.0 Å². The van der Waals surface area contributed by atoms with E-state index in [4.69, 9.17) is 0 Å². The summed E-state index contributed by atoms with van der Waals surface area (Å²) >= 11 is 0. The Morgan fingerprint density at radius 3 is 2.72 bits per heavy atom. The number of carbonyl (C=O) groups is 2. The summed E-state index contributed by atoms with van der Waals surface area (Å²) in [6, 6.07) is 22.1. The van der Waals surface area contributed by atoms with Gasteiger partial charge in [-0.25, -0.2) is 5.43 Å². The Morgan fingerprint density at radius 2 is 1.92 bits per heavy atom. The lowest BCUT2D eigenvalue weighted by Crippen LogP contribution is -2.18. The molecule has 4 aromatic rings. The van der Waals surface area contributed by atoms with Crippen molar-refractivity contribution in [2.75, 3.05) is 19.4 Å². The van der Waals surface area contributed by atoms with Crippen LogP contribution < -0.4 is 10.7 Å². The maximum absolute atomic E-state index is 13.0. The van der Waals surface area contributed by atoms with Crippen molar-refractivity contribution in [1.29, 1.82) is 0 Å². The molecule has 7 heteroatoms. The summed E-state index contributed by atoms with van der Waals surface area (Å²) in [5.74, 6) is -0.143. The number of aromatic nitrogens is 1. The van der Waals surface area contributed by atoms with Crippen LogP contribution in [0.25, 0.3) is 22.2 Å². The van der Waals surface area contributed by atoms with Crippen molar-refractivity contribution in [1.82, 2.24) is 15.3 Å². The molecule has 6 rings (SSSR count). The molecule has 1 saturated carbocycles. The predicted octanol–water partition coefficient (Wildman–Crippen LogP) is 4.72. The normalized spacial score (nSPS) is 18.2. The molecule has 1 fully saturated rings. The third-order valence-corrected chi connectivity index (χ3v) is 6.88. The Labute approximate surface area is 209 Å². The van der Waals surface area contributed by atoms with Gasteiger partial charge in [0.25, 0.3) is 5.91 Å². The topological polar surface area (TPSA) is 89.6 Å². The predicted molar refractivity (Wildman–Crippen MR) is 142 cm³/mol. The molecule has 180 valence electrons. The van der Waals surface area contributed by atoms with Crippen molar-refractivity contribution in [2.45, 2.75) is 18.9 Å². The zero-order chi connectivity index (χ0) is 24.8. The molecule has 2 heterocycles. The number of carbonyl (C=O) groups excluding carboxylic acids is 2. The van der Waals surface area contributed by atoms with Gasteiger partial charge < -0.3 is 15.2 Å². The van der Waals surface area contributed by atoms with Gasteiger partial charge in [-0.3, -0.25) is 9.59 Å². The summed E-state index contributed by atoms with van der Waals surface area (Å²) in [5, 5.41) is 8.00. The van der Waals surface area contributed by atoms with Crippen LogP contribution in [0.1, 0.15) is 39.4 Å². The van der Waals surface area contributed by atoms with E-state index in [-0.39, 0.29) is 23.7 Å². The van der Waals surface area contributed by atoms with E-state index in [0.717, 1.165) is 40.7 Å². The van der Waals surface area contributed by atoms with Crippen LogP contribution in [0.5, 0.6) is 0 Å². The largest absolute Gasteiger partial charge is 0.354 e. The maximum atomic E-state index is 13.0. The molecule has 0 radical (unpaired) electrons. The second kappa shape index (κ2) is 8.77. The van der Waals surface area contributed by atoms with Crippen molar-refractivity contribution in [3.8, 4) is 11.3 Å². The standard InChI is InChI=1S/C29H27N5O2/c1-34(2)16-17-7-6-10-19(11-17)27-24-15-30-33-29(36)23-12-20(13-25(32-27)26(23)24)31-28(35)22-14-21(22)18-8-4-3-5-9-18/h3-13,15,21-22,32H,14,16H2,1-2H3,(H,31,35)(H,33,36)/t21-,22+/m0/s1. The molecule has 1 aliphatic heterocycles. The monoisotopic (exact) mass is 477 g/mol. The highest BCUT2D eigenvalue weighted by Gasteiger charge is 2.43. The van der Waals surface area contributed by atoms with Gasteiger partial charge in [-0.2, -0.15) is 5.10 Å². The number of benzene rings is 3. The summed E-state index contributed by atoms with van der Waals surface area (Å²) < 4.78 is 0. The summed E-state index contributed by atoms with van der Waals surface area (Å²) in [7, 11) is 4.08. The van der Waals surface area contributed by atoms with Crippen LogP contribution in [0.15, 0.2) is 71.8 Å². The summed E-state index contributed by atoms with van der Waals surface area (Å²) in [5.41, 5.74) is 9.59. The third kappa shape index (κ3) is 4.07. The molecule has 0 unspecified atom stereocenters. The molecule has 1 aromatic heterocycles. The number of H-pyrrole nitrogens is 1. The first-order valence-corrected chi connectivity index (χ1v) is 12.1. The fourth-order valence-electron chi connectivity index (χ4n) is 5.16. The zero-order valence-corrected chi connectivity index (χ0v) is 20.2. The van der Waals surface area contributed by atoms with Gasteiger partial charge in [0.1, 0.15) is 0 Å². The summed E-state index contributed by atoms with van der Waals surface area (Å²) in [6.45, 7) is 0.824. The molecule has 36 heavy (non-hydrogen) atoms. The van der Waals surface area contributed by atoms with E-state index < -0.39 is 0 Å². The molecule has 3 N–H and O–H groups in total. The SMILES string of the molecule is CN(C)Cc1cccc(-c2[nH]c3cc(NC(=O)[C@@H]4C[C@H]4c4ccccc4)cc4c3c2C=NNC4=O)c1. The molecule has 2 atom stereocenters. The van der Waals surface area contributed by atoms with Crippen LogP contribution in [0.4, 0.5) is 5.69 Å². The van der Waals surface area contributed by atoms with Gasteiger partial charge in [0.15, 0.2) is 0 Å². The maximum Gasteiger partial charge on any atom is 0.272 e. The van der Waals surface area contributed by atoms with E-state index >= 15 is 0 Å². The highest BCUT2D eigenvalue weighted by Crippen LogP contribution is 2.48. The van der Waals surface area contributed by atoms with Crippen LogP contribution in [0.3, 0.4) is 0 Å². The Balaban J connectivity index is 1.35. The van der Waals surface area contributed by atoms with E-state index in [1.54, 1.807) is 12.3 Å². The van der Waals surface area contributed by atoms with E-state index in [2.05, 4.69) is 50.0 Å². The van der Waals surface area contributed by atoms with E-state index in [1.807, 2.05) is 50.5 Å². The van der Waals surface area contributed by atoms with E-state index in [9.17, 15) is 9.59 Å². The molecular weight excluding hydrogens is 450 g/mol. The first-order valence-electron chi connectivity index (χ1n) is 12.1. The van der Waals surface area contributed by atoms with Gasteiger partial charge in [0, 0.05) is 34.6 Å². The van der Waals surface area contributed by atoms with E-state index in [0.29, 0.717) is 11.3 Å². The molecule has 0 spiro atoms. The molecule has 2 amide bonds. The quantitative estimate of drug-likeness (QED) is 0.376. The number of hydrogen-bond donors (Lipinski definition) is 3. The van der Waals surface area contributed by atoms with Gasteiger partial charge in [0.05, 0.1) is 17.5 Å². The van der Waals surface area contributed by atoms with Crippen LogP contribution >= 0.6 is 0 Å². The Morgan fingerprint density at radius 1 is 1.08 bits per heavy atom. The second-order valence-electron chi connectivity index (χ2n) is 9.85. The number of nitrogens with one attached hydrogen (secondary N) is 3. The molecule has 7 nitrogen and oxygen atoms in total. The fourth-order valence-corrected chi connectivity index (χ4v) is 5.16. The Bertz CT molecular complexity index is 1520. The number of amides is 2. The van der Waals surface area contributed by atoms with Gasteiger partial charge >= 0.3 is 0 Å². The Hall–Kier alpha value is -4.23. The van der Waals surface area contributed by atoms with Crippen molar-refractivity contribution in [3.63, 3.8) is 0 Å². The number of aromatic amines is 1.